The molecule has 2 aromatic heterocycles. The van der Waals surface area contributed by atoms with Crippen LogP contribution >= 0.6 is 31.9 Å². The molecule has 0 bridgehead atoms. The second kappa shape index (κ2) is 26.2. The van der Waals surface area contributed by atoms with E-state index >= 15 is 0 Å². The number of nitrogens with zero attached hydrogens (tertiary/aromatic N) is 3. The van der Waals surface area contributed by atoms with Gasteiger partial charge in [0.15, 0.2) is 0 Å². The van der Waals surface area contributed by atoms with Gasteiger partial charge in [0.05, 0.1) is 96.2 Å². The SMILES string of the molecule is C=S1(=O)c2ccccc2N(c2ccc(-c3ccc4c(=O)c5ccc(-c6ccc(N7c8ccccc8S(=O)(=O)c8ccccc87)cc6)cc5oc4c3)cc2)c2ccccc21.CC1(C)OB(c2ccc(N3c4ccccc4S(=O)(=O)c4ccccc43)cc2)OC1(C)C.O=c1c2ccc(Br)cc2oc2cc(Br)ccc12. The Labute approximate surface area is 634 Å². The summed E-state index contributed by atoms with van der Waals surface area (Å²) >= 11 is 6.73. The Kier molecular flexibility index (Phi) is 16.9. The van der Waals surface area contributed by atoms with E-state index in [4.69, 9.17) is 18.1 Å². The zero-order valence-electron chi connectivity index (χ0n) is 57.8. The first-order valence-corrected chi connectivity index (χ1v) is 40.5. The highest BCUT2D eigenvalue weighted by atomic mass is 79.9. The Morgan fingerprint density at radius 1 is 0.327 bits per heavy atom. The number of sulfone groups is 2. The number of benzene rings is 13. The molecule has 526 valence electrons. The van der Waals surface area contributed by atoms with Crippen LogP contribution in [0.1, 0.15) is 27.7 Å². The van der Waals surface area contributed by atoms with Crippen molar-refractivity contribution >= 4 is 175 Å². The molecule has 4 aliphatic heterocycles. The summed E-state index contributed by atoms with van der Waals surface area (Å²) in [6, 6.07) is 89.8. The molecule has 1 fully saturated rings. The van der Waals surface area contributed by atoms with E-state index in [-0.39, 0.29) is 20.6 Å². The van der Waals surface area contributed by atoms with E-state index in [9.17, 15) is 30.6 Å². The van der Waals surface area contributed by atoms with Crippen LogP contribution < -0.4 is 31.0 Å². The molecule has 0 saturated carbocycles. The summed E-state index contributed by atoms with van der Waals surface area (Å²) in [6.07, 6.45) is 0. The predicted molar refractivity (Wildman–Crippen MR) is 435 cm³/mol. The summed E-state index contributed by atoms with van der Waals surface area (Å²) in [7, 11) is -10.4. The van der Waals surface area contributed by atoms with Crippen molar-refractivity contribution in [3.63, 3.8) is 0 Å². The van der Waals surface area contributed by atoms with Crippen molar-refractivity contribution in [3.8, 4) is 22.3 Å². The lowest BCUT2D eigenvalue weighted by atomic mass is 9.79. The largest absolute Gasteiger partial charge is 0.494 e. The van der Waals surface area contributed by atoms with Gasteiger partial charge in [0.1, 0.15) is 22.3 Å². The first kappa shape index (κ1) is 69.1. The van der Waals surface area contributed by atoms with Crippen LogP contribution in [-0.4, -0.2) is 45.2 Å². The van der Waals surface area contributed by atoms with E-state index in [1.807, 2.05) is 256 Å². The van der Waals surface area contributed by atoms with E-state index < -0.39 is 47.5 Å². The summed E-state index contributed by atoms with van der Waals surface area (Å²) in [5.41, 5.74) is 12.5. The van der Waals surface area contributed by atoms with Gasteiger partial charge in [-0.25, -0.2) is 16.8 Å². The molecule has 4 aliphatic rings. The molecule has 20 heteroatoms. The molecule has 0 aliphatic carbocycles. The van der Waals surface area contributed by atoms with E-state index in [1.165, 1.54) is 0 Å². The van der Waals surface area contributed by atoms with Crippen molar-refractivity contribution in [1.29, 1.82) is 0 Å². The number of halogens is 2. The van der Waals surface area contributed by atoms with E-state index in [1.54, 1.807) is 72.8 Å². The highest BCUT2D eigenvalue weighted by Gasteiger charge is 2.52. The molecular formula is C87H62BBr2N3O11S3. The van der Waals surface area contributed by atoms with Crippen LogP contribution in [0.25, 0.3) is 66.1 Å². The van der Waals surface area contributed by atoms with Crippen LogP contribution in [0, 0.1) is 0 Å². The Bertz CT molecular complexity index is 6230. The van der Waals surface area contributed by atoms with Crippen LogP contribution in [0.15, 0.2) is 348 Å². The number of fused-ring (bicyclic) bond motifs is 10. The maximum Gasteiger partial charge on any atom is 0.494 e. The Morgan fingerprint density at radius 3 is 0.916 bits per heavy atom. The standard InChI is InChI=1S/C50H32N2O5S2.C24H24BNO4S.C13H6Br2O2/c1-58(54)46-14-6-2-10-40(46)51(41-11-3-7-15-47(41)58)36-24-18-32(19-25-36)34-22-28-38-44(30-34)57-45-31-35(23-29-39(45)50(38)53)33-20-26-37(27-21-33)52-42-12-4-8-16-48(42)59(55,56)49-17-9-5-13-43(49)52;1-23(2)24(3,4)30-25(29-23)17-13-15-18(16-14-17)26-19-9-5-7-11-21(19)31(27,28)22-12-8-6-10-20(22)26;14-7-1-3-9-11(5-7)17-12-6-8(15)2-4-10(12)13(9)16/h2-31H,1H2;5-16H,1-4H3;1-6H. The molecule has 0 amide bonds. The third-order valence-corrected chi connectivity index (χ3v) is 27.2. The normalized spacial score (nSPS) is 15.7. The van der Waals surface area contributed by atoms with Gasteiger partial charge in [-0.3, -0.25) is 13.8 Å². The molecule has 13 aromatic carbocycles. The lowest BCUT2D eigenvalue weighted by Crippen LogP contribution is -2.41. The van der Waals surface area contributed by atoms with Gasteiger partial charge in [-0.2, -0.15) is 0 Å². The fourth-order valence-electron chi connectivity index (χ4n) is 14.3. The first-order valence-electron chi connectivity index (χ1n) is 34.3. The quantitative estimate of drug-likeness (QED) is 0.0873. The zero-order chi connectivity index (χ0) is 74.1. The fraction of sp³-hybridized carbons (Fsp3) is 0.0690. The lowest BCUT2D eigenvalue weighted by molar-refractivity contribution is 0.00578. The molecule has 107 heavy (non-hydrogen) atoms. The maximum atomic E-state index is 13.9. The molecule has 19 rings (SSSR count). The molecule has 14 nitrogen and oxygen atoms in total. The monoisotopic (exact) mass is 1590 g/mol. The van der Waals surface area contributed by atoms with Crippen molar-refractivity contribution in [2.75, 3.05) is 14.7 Å². The Morgan fingerprint density at radius 2 is 0.589 bits per heavy atom. The van der Waals surface area contributed by atoms with E-state index in [2.05, 4.69) is 42.6 Å². The van der Waals surface area contributed by atoms with Crippen LogP contribution in [0.2, 0.25) is 0 Å². The molecule has 0 atom stereocenters. The van der Waals surface area contributed by atoms with Gasteiger partial charge in [0.25, 0.3) is 0 Å². The van der Waals surface area contributed by atoms with Crippen molar-refractivity contribution in [1.82, 2.24) is 0 Å². The van der Waals surface area contributed by atoms with Gasteiger partial charge in [-0.15, -0.1) is 0 Å². The smallest absolute Gasteiger partial charge is 0.456 e. The summed E-state index contributed by atoms with van der Waals surface area (Å²) in [6.45, 7) is 8.12. The molecule has 0 N–H and O–H groups in total. The minimum Gasteiger partial charge on any atom is -0.456 e. The average molecular weight is 1590 g/mol. The molecule has 1 saturated heterocycles. The van der Waals surface area contributed by atoms with E-state index in [0.29, 0.717) is 86.2 Å². The second-order valence-corrected chi connectivity index (χ2v) is 35.2. The highest BCUT2D eigenvalue weighted by Crippen LogP contribution is 2.52. The summed E-state index contributed by atoms with van der Waals surface area (Å²) in [4.78, 5) is 34.6. The summed E-state index contributed by atoms with van der Waals surface area (Å²) in [5.74, 6) is 4.15. The van der Waals surface area contributed by atoms with Crippen LogP contribution in [-0.2, 0) is 38.5 Å². The molecule has 15 aromatic rings. The van der Waals surface area contributed by atoms with Crippen molar-refractivity contribution < 1.29 is 39.2 Å². The van der Waals surface area contributed by atoms with Crippen LogP contribution in [0.3, 0.4) is 0 Å². The minimum absolute atomic E-state index is 0.00116. The third kappa shape index (κ3) is 11.8. The van der Waals surface area contributed by atoms with Crippen molar-refractivity contribution in [2.24, 2.45) is 0 Å². The number of rotatable bonds is 6. The topological polar surface area (TPSA) is 174 Å². The van der Waals surface area contributed by atoms with Gasteiger partial charge in [-0.05, 0) is 231 Å². The number of anilines is 9. The molecule has 0 unspecified atom stereocenters. The fourth-order valence-corrected chi connectivity index (χ4v) is 20.0. The predicted octanol–water partition coefficient (Wildman–Crippen LogP) is 20.9. The number of para-hydroxylation sites is 6. The molecular weight excluding hydrogens is 1530 g/mol. The number of hydrogen-bond donors (Lipinski definition) is 0. The Balaban J connectivity index is 0.000000144. The molecule has 6 heterocycles. The van der Waals surface area contributed by atoms with Crippen molar-refractivity contribution in [2.45, 2.75) is 68.3 Å². The zero-order valence-corrected chi connectivity index (χ0v) is 63.4. The van der Waals surface area contributed by atoms with E-state index in [0.717, 1.165) is 65.1 Å². The van der Waals surface area contributed by atoms with Gasteiger partial charge < -0.3 is 32.8 Å². The third-order valence-electron chi connectivity index (χ3n) is 20.4. The second-order valence-electron chi connectivity index (χ2n) is 27.3. The van der Waals surface area contributed by atoms with Gasteiger partial charge in [0, 0.05) is 35.5 Å². The van der Waals surface area contributed by atoms with Crippen LogP contribution in [0.5, 0.6) is 0 Å². The lowest BCUT2D eigenvalue weighted by Gasteiger charge is -2.35. The Hall–Kier alpha value is -10.9. The van der Waals surface area contributed by atoms with Crippen molar-refractivity contribution in [3.05, 3.63) is 321 Å². The maximum absolute atomic E-state index is 13.9. The highest BCUT2D eigenvalue weighted by molar-refractivity contribution is 9.10. The number of hydrogen-bond acceptors (Lipinski definition) is 14. The summed E-state index contributed by atoms with van der Waals surface area (Å²) in [5, 5.41) is 2.19. The molecule has 0 radical (unpaired) electrons. The summed E-state index contributed by atoms with van der Waals surface area (Å²) < 4.78 is 93.6. The van der Waals surface area contributed by atoms with Gasteiger partial charge >= 0.3 is 7.12 Å². The van der Waals surface area contributed by atoms with Gasteiger partial charge in [-0.1, -0.05) is 153 Å². The first-order chi connectivity index (χ1) is 51.4. The van der Waals surface area contributed by atoms with Crippen LogP contribution in [0.4, 0.5) is 51.2 Å². The van der Waals surface area contributed by atoms with Gasteiger partial charge in [0.2, 0.25) is 30.5 Å². The average Bonchev–Trinajstić information content (AvgIpc) is 1.31. The minimum atomic E-state index is -3.67. The molecule has 0 spiro atoms.